The van der Waals surface area contributed by atoms with Gasteiger partial charge in [-0.2, -0.15) is 5.10 Å². The molecule has 8 heteroatoms. The SMILES string of the molecule is CN(C)c1ccc(C=C(NC(=O)c2ccccc2Cl)C(=O)NN=Cc2cc(C(C)(C)C)ccc2O)cc1. The fourth-order valence-electron chi connectivity index (χ4n) is 3.37. The summed E-state index contributed by atoms with van der Waals surface area (Å²) in [6, 6.07) is 19.3. The van der Waals surface area contributed by atoms with Gasteiger partial charge in [-0.05, 0) is 59.0 Å². The third-order valence-corrected chi connectivity index (χ3v) is 5.92. The third kappa shape index (κ3) is 7.44. The van der Waals surface area contributed by atoms with E-state index in [0.29, 0.717) is 11.1 Å². The van der Waals surface area contributed by atoms with Crippen molar-refractivity contribution in [3.8, 4) is 5.75 Å². The molecule has 0 saturated carbocycles. The van der Waals surface area contributed by atoms with E-state index in [1.54, 1.807) is 36.4 Å². The summed E-state index contributed by atoms with van der Waals surface area (Å²) in [6.07, 6.45) is 2.92. The Balaban J connectivity index is 1.87. The van der Waals surface area contributed by atoms with Crippen molar-refractivity contribution in [1.29, 1.82) is 0 Å². The van der Waals surface area contributed by atoms with Crippen LogP contribution in [-0.2, 0) is 10.2 Å². The molecule has 0 radical (unpaired) electrons. The molecule has 0 fully saturated rings. The molecular weight excluding hydrogens is 488 g/mol. The average Bonchev–Trinajstić information content (AvgIpc) is 2.84. The van der Waals surface area contributed by atoms with Crippen molar-refractivity contribution in [2.45, 2.75) is 26.2 Å². The summed E-state index contributed by atoms with van der Waals surface area (Å²) >= 11 is 6.17. The van der Waals surface area contributed by atoms with Gasteiger partial charge in [0.2, 0.25) is 0 Å². The molecule has 0 aromatic heterocycles. The fourth-order valence-corrected chi connectivity index (χ4v) is 3.60. The predicted molar refractivity (Wildman–Crippen MR) is 150 cm³/mol. The zero-order valence-corrected chi connectivity index (χ0v) is 22.3. The number of aromatic hydroxyl groups is 1. The van der Waals surface area contributed by atoms with E-state index in [-0.39, 0.29) is 27.4 Å². The molecule has 0 aliphatic rings. The van der Waals surface area contributed by atoms with Crippen LogP contribution in [0.5, 0.6) is 5.75 Å². The quantitative estimate of drug-likeness (QED) is 0.224. The van der Waals surface area contributed by atoms with Crippen LogP contribution in [-0.4, -0.2) is 37.2 Å². The van der Waals surface area contributed by atoms with Crippen LogP contribution in [0.4, 0.5) is 5.69 Å². The van der Waals surface area contributed by atoms with Gasteiger partial charge < -0.3 is 15.3 Å². The summed E-state index contributed by atoms with van der Waals surface area (Å²) in [5.41, 5.74) is 5.68. The number of phenols is 1. The van der Waals surface area contributed by atoms with Crippen LogP contribution in [0.3, 0.4) is 0 Å². The number of nitrogens with one attached hydrogen (secondary N) is 2. The molecule has 0 saturated heterocycles. The number of carbonyl (C=O) groups excluding carboxylic acids is 2. The first-order chi connectivity index (χ1) is 17.5. The van der Waals surface area contributed by atoms with Crippen molar-refractivity contribution in [2.24, 2.45) is 5.10 Å². The highest BCUT2D eigenvalue weighted by molar-refractivity contribution is 6.34. The zero-order valence-electron chi connectivity index (χ0n) is 21.5. The smallest absolute Gasteiger partial charge is 0.287 e. The molecule has 7 nitrogen and oxygen atoms in total. The maximum absolute atomic E-state index is 13.1. The van der Waals surface area contributed by atoms with E-state index in [2.05, 4.69) is 36.6 Å². The zero-order chi connectivity index (χ0) is 27.2. The van der Waals surface area contributed by atoms with Crippen LogP contribution in [0.25, 0.3) is 6.08 Å². The molecule has 2 amide bonds. The molecule has 3 aromatic rings. The van der Waals surface area contributed by atoms with Gasteiger partial charge in [0.1, 0.15) is 11.4 Å². The third-order valence-electron chi connectivity index (χ3n) is 5.60. The molecular formula is C29H31ClN4O3. The molecule has 0 aliphatic carbocycles. The lowest BCUT2D eigenvalue weighted by atomic mass is 9.86. The monoisotopic (exact) mass is 518 g/mol. The van der Waals surface area contributed by atoms with Crippen LogP contribution >= 0.6 is 11.6 Å². The molecule has 0 bridgehead atoms. The normalized spacial score (nSPS) is 11.9. The largest absolute Gasteiger partial charge is 0.507 e. The number of nitrogens with zero attached hydrogens (tertiary/aromatic N) is 2. The number of hydrogen-bond donors (Lipinski definition) is 3. The van der Waals surface area contributed by atoms with E-state index in [1.165, 1.54) is 6.21 Å². The van der Waals surface area contributed by atoms with Gasteiger partial charge in [0.05, 0.1) is 16.8 Å². The van der Waals surface area contributed by atoms with E-state index in [4.69, 9.17) is 11.6 Å². The fraction of sp³-hybridized carbons (Fsp3) is 0.207. The molecule has 0 heterocycles. The van der Waals surface area contributed by atoms with E-state index in [1.807, 2.05) is 55.4 Å². The van der Waals surface area contributed by atoms with E-state index < -0.39 is 11.8 Å². The van der Waals surface area contributed by atoms with Gasteiger partial charge in [-0.3, -0.25) is 9.59 Å². The Kier molecular flexibility index (Phi) is 8.73. The number of amides is 2. The van der Waals surface area contributed by atoms with Crippen LogP contribution in [0, 0.1) is 0 Å². The Bertz CT molecular complexity index is 1340. The number of rotatable bonds is 7. The second-order valence-corrected chi connectivity index (χ2v) is 10.1. The first-order valence-corrected chi connectivity index (χ1v) is 12.1. The molecule has 0 atom stereocenters. The number of carbonyl (C=O) groups is 2. The molecule has 0 unspecified atom stereocenters. The second-order valence-electron chi connectivity index (χ2n) is 9.70. The molecule has 3 aromatic carbocycles. The molecule has 0 aliphatic heterocycles. The van der Waals surface area contributed by atoms with Gasteiger partial charge in [0.25, 0.3) is 11.8 Å². The summed E-state index contributed by atoms with van der Waals surface area (Å²) in [6.45, 7) is 6.18. The Morgan fingerprint density at radius 3 is 2.30 bits per heavy atom. The summed E-state index contributed by atoms with van der Waals surface area (Å²) in [7, 11) is 3.86. The van der Waals surface area contributed by atoms with Crippen LogP contribution < -0.4 is 15.6 Å². The lowest BCUT2D eigenvalue weighted by Crippen LogP contribution is -2.33. The minimum absolute atomic E-state index is 0.0210. The summed E-state index contributed by atoms with van der Waals surface area (Å²) < 4.78 is 0. The van der Waals surface area contributed by atoms with Crippen molar-refractivity contribution in [3.05, 3.63) is 99.7 Å². The highest BCUT2D eigenvalue weighted by Gasteiger charge is 2.17. The van der Waals surface area contributed by atoms with Crippen LogP contribution in [0.1, 0.15) is 47.8 Å². The van der Waals surface area contributed by atoms with Crippen molar-refractivity contribution in [1.82, 2.24) is 10.7 Å². The standard InChI is InChI=1S/C29H31ClN4O3/c1-29(2,3)21-12-15-26(35)20(17-21)18-31-33-28(37)25(16-19-10-13-22(14-11-19)34(4)5)32-27(36)23-8-6-7-9-24(23)30/h6-18,35H,1-5H3,(H,32,36)(H,33,37). The van der Waals surface area contributed by atoms with Gasteiger partial charge in [0, 0.05) is 25.3 Å². The summed E-state index contributed by atoms with van der Waals surface area (Å²) in [5, 5.41) is 17.1. The number of anilines is 1. The lowest BCUT2D eigenvalue weighted by Gasteiger charge is -2.19. The second kappa shape index (κ2) is 11.8. The molecule has 0 spiro atoms. The van der Waals surface area contributed by atoms with Gasteiger partial charge in [-0.25, -0.2) is 5.43 Å². The Morgan fingerprint density at radius 2 is 1.68 bits per heavy atom. The van der Waals surface area contributed by atoms with E-state index in [0.717, 1.165) is 11.3 Å². The highest BCUT2D eigenvalue weighted by atomic mass is 35.5. The minimum Gasteiger partial charge on any atom is -0.507 e. The van der Waals surface area contributed by atoms with Crippen molar-refractivity contribution in [3.63, 3.8) is 0 Å². The van der Waals surface area contributed by atoms with Crippen molar-refractivity contribution in [2.75, 3.05) is 19.0 Å². The van der Waals surface area contributed by atoms with Gasteiger partial charge in [0.15, 0.2) is 0 Å². The van der Waals surface area contributed by atoms with Crippen molar-refractivity contribution >= 4 is 41.4 Å². The van der Waals surface area contributed by atoms with Gasteiger partial charge in [-0.15, -0.1) is 0 Å². The topological polar surface area (TPSA) is 94.0 Å². The van der Waals surface area contributed by atoms with Crippen LogP contribution in [0.2, 0.25) is 5.02 Å². The van der Waals surface area contributed by atoms with Crippen molar-refractivity contribution < 1.29 is 14.7 Å². The molecule has 192 valence electrons. The average molecular weight is 519 g/mol. The first-order valence-electron chi connectivity index (χ1n) is 11.7. The summed E-state index contributed by atoms with van der Waals surface area (Å²) in [4.78, 5) is 27.9. The molecule has 37 heavy (non-hydrogen) atoms. The predicted octanol–water partition coefficient (Wildman–Crippen LogP) is 5.33. The Labute approximate surface area is 222 Å². The number of benzene rings is 3. The Morgan fingerprint density at radius 1 is 1.00 bits per heavy atom. The maximum atomic E-state index is 13.1. The summed E-state index contributed by atoms with van der Waals surface area (Å²) in [5.74, 6) is -1.13. The number of hydrazone groups is 1. The first kappa shape index (κ1) is 27.5. The van der Waals surface area contributed by atoms with E-state index in [9.17, 15) is 14.7 Å². The number of halogens is 1. The van der Waals surface area contributed by atoms with Gasteiger partial charge in [-0.1, -0.05) is 62.7 Å². The van der Waals surface area contributed by atoms with Crippen LogP contribution in [0.15, 0.2) is 77.5 Å². The number of hydrogen-bond acceptors (Lipinski definition) is 5. The maximum Gasteiger partial charge on any atom is 0.287 e. The highest BCUT2D eigenvalue weighted by Crippen LogP contribution is 2.26. The van der Waals surface area contributed by atoms with Gasteiger partial charge >= 0.3 is 0 Å². The molecule has 3 N–H and O–H groups in total. The lowest BCUT2D eigenvalue weighted by molar-refractivity contribution is -0.117. The minimum atomic E-state index is -0.639. The Hall–Kier alpha value is -4.10. The molecule has 3 rings (SSSR count). The number of phenolic OH excluding ortho intramolecular Hbond substituents is 1. The van der Waals surface area contributed by atoms with E-state index >= 15 is 0 Å².